The smallest absolute Gasteiger partial charge is 0.414 e. The number of amides is 3. The van der Waals surface area contributed by atoms with E-state index in [0.29, 0.717) is 17.4 Å². The van der Waals surface area contributed by atoms with Crippen molar-refractivity contribution >= 4 is 50.8 Å². The van der Waals surface area contributed by atoms with Gasteiger partial charge in [-0.1, -0.05) is 30.3 Å². The van der Waals surface area contributed by atoms with Crippen LogP contribution in [0.4, 0.5) is 43.2 Å². The molecule has 3 aromatic heterocycles. The highest BCUT2D eigenvalue weighted by Crippen LogP contribution is 2.42. The van der Waals surface area contributed by atoms with E-state index in [2.05, 4.69) is 20.7 Å². The van der Waals surface area contributed by atoms with E-state index in [1.54, 1.807) is 24.3 Å². The molecule has 0 fully saturated rings. The van der Waals surface area contributed by atoms with Gasteiger partial charge in [-0.15, -0.1) is 16.4 Å². The molecule has 1 atom stereocenters. The maximum Gasteiger partial charge on any atom is 0.414 e. The SMILES string of the molecule is Cc1c([C@@H](NC(=O)Nc2ccc3nc(NC(=O)OCc4ccccc4)nn3c2)C(F)(F)F)sc2c(F)cc(F)cc12. The number of hydrogen-bond donors (Lipinski definition) is 3. The number of aromatic nitrogens is 3. The van der Waals surface area contributed by atoms with Crippen molar-refractivity contribution in [2.75, 3.05) is 10.6 Å². The summed E-state index contributed by atoms with van der Waals surface area (Å²) < 4.78 is 76.0. The highest BCUT2D eigenvalue weighted by molar-refractivity contribution is 7.19. The summed E-state index contributed by atoms with van der Waals surface area (Å²) in [6, 6.07) is 9.58. The number of nitrogens with zero attached hydrogens (tertiary/aromatic N) is 3. The number of hydrogen-bond acceptors (Lipinski definition) is 6. The van der Waals surface area contributed by atoms with Crippen molar-refractivity contribution < 1.29 is 36.3 Å². The van der Waals surface area contributed by atoms with Crippen molar-refractivity contribution in [3.63, 3.8) is 0 Å². The zero-order valence-electron chi connectivity index (χ0n) is 20.9. The first kappa shape index (κ1) is 27.8. The first-order chi connectivity index (χ1) is 19.5. The Labute approximate surface area is 231 Å². The van der Waals surface area contributed by atoms with Gasteiger partial charge in [0, 0.05) is 16.3 Å². The van der Waals surface area contributed by atoms with Gasteiger partial charge in [0.15, 0.2) is 11.7 Å². The number of thiophene rings is 1. The first-order valence-corrected chi connectivity index (χ1v) is 12.7. The van der Waals surface area contributed by atoms with Crippen LogP contribution in [0.1, 0.15) is 22.0 Å². The van der Waals surface area contributed by atoms with E-state index in [9.17, 15) is 31.5 Å². The summed E-state index contributed by atoms with van der Waals surface area (Å²) in [6.07, 6.45) is -4.47. The standard InChI is InChI=1S/C26H19F5N6O3S/c1-13-17-9-15(27)10-18(28)21(17)41-20(13)22(26(29,30)31)34-24(38)32-16-7-8-19-33-23(36-37(19)11-16)35-25(39)40-12-14-5-3-2-4-6-14/h2-11,22H,12H2,1H3,(H2,32,34,38)(H,35,36,39)/t22-/m1/s1. The minimum atomic E-state index is -4.94. The number of halogens is 5. The van der Waals surface area contributed by atoms with Crippen molar-refractivity contribution in [3.05, 3.63) is 88.4 Å². The van der Waals surface area contributed by atoms with Crippen molar-refractivity contribution in [2.24, 2.45) is 0 Å². The predicted molar refractivity (Wildman–Crippen MR) is 141 cm³/mol. The number of alkyl halides is 3. The molecule has 0 bridgehead atoms. The molecule has 3 heterocycles. The van der Waals surface area contributed by atoms with Crippen LogP contribution in [0.5, 0.6) is 0 Å². The second-order valence-electron chi connectivity index (χ2n) is 8.77. The predicted octanol–water partition coefficient (Wildman–Crippen LogP) is 6.70. The number of anilines is 2. The summed E-state index contributed by atoms with van der Waals surface area (Å²) in [5, 5.41) is 10.6. The number of urea groups is 1. The molecule has 9 nitrogen and oxygen atoms in total. The first-order valence-electron chi connectivity index (χ1n) is 11.8. The lowest BCUT2D eigenvalue weighted by atomic mass is 10.1. The van der Waals surface area contributed by atoms with Gasteiger partial charge in [-0.3, -0.25) is 5.32 Å². The van der Waals surface area contributed by atoms with Crippen LogP contribution in [0.3, 0.4) is 0 Å². The van der Waals surface area contributed by atoms with Gasteiger partial charge < -0.3 is 15.4 Å². The van der Waals surface area contributed by atoms with Gasteiger partial charge in [0.2, 0.25) is 0 Å². The van der Waals surface area contributed by atoms with Gasteiger partial charge in [-0.05, 0) is 36.2 Å². The molecule has 5 rings (SSSR count). The van der Waals surface area contributed by atoms with Gasteiger partial charge in [-0.2, -0.15) is 18.2 Å². The van der Waals surface area contributed by atoms with Gasteiger partial charge in [-0.25, -0.2) is 22.9 Å². The lowest BCUT2D eigenvalue weighted by Crippen LogP contribution is -2.40. The third-order valence-electron chi connectivity index (χ3n) is 5.87. The summed E-state index contributed by atoms with van der Waals surface area (Å²) >= 11 is 0.483. The van der Waals surface area contributed by atoms with Crippen molar-refractivity contribution in [1.29, 1.82) is 0 Å². The van der Waals surface area contributed by atoms with Crippen LogP contribution in [0, 0.1) is 18.6 Å². The van der Waals surface area contributed by atoms with Crippen LogP contribution in [0.2, 0.25) is 0 Å². The highest BCUT2D eigenvalue weighted by Gasteiger charge is 2.44. The van der Waals surface area contributed by atoms with Crippen LogP contribution in [0.25, 0.3) is 15.7 Å². The van der Waals surface area contributed by atoms with Crippen LogP contribution in [-0.2, 0) is 11.3 Å². The monoisotopic (exact) mass is 590 g/mol. The van der Waals surface area contributed by atoms with Crippen molar-refractivity contribution in [3.8, 4) is 0 Å². The van der Waals surface area contributed by atoms with Crippen LogP contribution >= 0.6 is 11.3 Å². The molecule has 3 amide bonds. The normalized spacial score (nSPS) is 12.3. The average molecular weight is 591 g/mol. The Bertz CT molecular complexity index is 1760. The van der Waals surface area contributed by atoms with E-state index >= 15 is 0 Å². The number of aryl methyl sites for hydroxylation is 1. The van der Waals surface area contributed by atoms with E-state index in [1.165, 1.54) is 29.8 Å². The Hall–Kier alpha value is -4.79. The fourth-order valence-electron chi connectivity index (χ4n) is 3.99. The Kier molecular flexibility index (Phi) is 7.45. The molecule has 0 saturated carbocycles. The summed E-state index contributed by atoms with van der Waals surface area (Å²) in [4.78, 5) is 28.4. The molecular formula is C26H19F5N6O3S. The minimum Gasteiger partial charge on any atom is -0.444 e. The van der Waals surface area contributed by atoms with E-state index in [0.717, 1.165) is 11.6 Å². The van der Waals surface area contributed by atoms with Gasteiger partial charge in [0.1, 0.15) is 18.2 Å². The number of benzene rings is 2. The number of pyridine rings is 1. The molecule has 0 unspecified atom stereocenters. The average Bonchev–Trinajstić information content (AvgIpc) is 3.46. The van der Waals surface area contributed by atoms with Crippen LogP contribution in [-0.4, -0.2) is 32.9 Å². The molecule has 212 valence electrons. The topological polar surface area (TPSA) is 110 Å². The molecule has 0 aliphatic heterocycles. The Morgan fingerprint density at radius 3 is 2.56 bits per heavy atom. The van der Waals surface area contributed by atoms with Crippen LogP contribution < -0.4 is 16.0 Å². The zero-order valence-corrected chi connectivity index (χ0v) is 21.7. The molecule has 0 radical (unpaired) electrons. The number of ether oxygens (including phenoxy) is 1. The minimum absolute atomic E-state index is 0.00242. The van der Waals surface area contributed by atoms with Gasteiger partial charge in [0.05, 0.1) is 16.6 Å². The molecule has 3 N–H and O–H groups in total. The summed E-state index contributed by atoms with van der Waals surface area (Å²) in [5.41, 5.74) is 1.09. The summed E-state index contributed by atoms with van der Waals surface area (Å²) in [5.74, 6) is -2.03. The number of nitrogens with one attached hydrogen (secondary N) is 3. The second-order valence-corrected chi connectivity index (χ2v) is 9.82. The molecule has 0 aliphatic carbocycles. The summed E-state index contributed by atoms with van der Waals surface area (Å²) in [6.45, 7) is 1.32. The molecule has 0 spiro atoms. The van der Waals surface area contributed by atoms with Gasteiger partial charge in [0.25, 0.3) is 5.95 Å². The molecule has 0 saturated heterocycles. The Balaban J connectivity index is 1.28. The lowest BCUT2D eigenvalue weighted by Gasteiger charge is -2.21. The highest BCUT2D eigenvalue weighted by atomic mass is 32.1. The third kappa shape index (κ3) is 6.19. The fourth-order valence-corrected chi connectivity index (χ4v) is 5.26. The van der Waals surface area contributed by atoms with E-state index < -0.39 is 36.0 Å². The molecule has 0 aliphatic rings. The fraction of sp³-hybridized carbons (Fsp3) is 0.154. The molecule has 15 heteroatoms. The molecular weight excluding hydrogens is 571 g/mol. The van der Waals surface area contributed by atoms with Crippen molar-refractivity contribution in [1.82, 2.24) is 19.9 Å². The van der Waals surface area contributed by atoms with E-state index in [1.807, 2.05) is 11.4 Å². The zero-order chi connectivity index (χ0) is 29.3. The largest absolute Gasteiger partial charge is 0.444 e. The molecule has 2 aromatic carbocycles. The molecule has 5 aromatic rings. The number of carbonyl (C=O) groups is 2. The quantitative estimate of drug-likeness (QED) is 0.191. The van der Waals surface area contributed by atoms with Crippen LogP contribution in [0.15, 0.2) is 60.8 Å². The second kappa shape index (κ2) is 11.0. The summed E-state index contributed by atoms with van der Waals surface area (Å²) in [7, 11) is 0. The number of carbonyl (C=O) groups excluding carboxylic acids is 2. The van der Waals surface area contributed by atoms with Gasteiger partial charge >= 0.3 is 18.3 Å². The maximum absolute atomic E-state index is 14.2. The van der Waals surface area contributed by atoms with E-state index in [-0.39, 0.29) is 44.4 Å². The maximum atomic E-state index is 14.2. The van der Waals surface area contributed by atoms with Crippen molar-refractivity contribution in [2.45, 2.75) is 25.7 Å². The number of rotatable bonds is 6. The molecule has 41 heavy (non-hydrogen) atoms. The Morgan fingerprint density at radius 2 is 1.83 bits per heavy atom. The number of fused-ring (bicyclic) bond motifs is 2. The Morgan fingerprint density at radius 1 is 1.07 bits per heavy atom. The third-order valence-corrected chi connectivity index (χ3v) is 7.26. The lowest BCUT2D eigenvalue weighted by molar-refractivity contribution is -0.154. The van der Waals surface area contributed by atoms with E-state index in [4.69, 9.17) is 4.74 Å².